The molecule has 0 spiro atoms. The van der Waals surface area contributed by atoms with Crippen LogP contribution in [0.25, 0.3) is 10.9 Å². The fourth-order valence-corrected chi connectivity index (χ4v) is 3.60. The highest BCUT2D eigenvalue weighted by molar-refractivity contribution is 5.90. The van der Waals surface area contributed by atoms with E-state index < -0.39 is 0 Å². The van der Waals surface area contributed by atoms with Crippen molar-refractivity contribution in [1.29, 1.82) is 0 Å². The molecule has 33 heavy (non-hydrogen) atoms. The first-order valence-corrected chi connectivity index (χ1v) is 10.7. The van der Waals surface area contributed by atoms with Gasteiger partial charge in [0, 0.05) is 41.5 Å². The number of ether oxygens (including phenoxy) is 3. The molecule has 3 aromatic carbocycles. The predicted molar refractivity (Wildman–Crippen MR) is 129 cm³/mol. The molecule has 1 heterocycles. The molecular weight excluding hydrogens is 418 g/mol. The van der Waals surface area contributed by atoms with Crippen molar-refractivity contribution in [1.82, 2.24) is 10.3 Å². The molecular formula is C26H27N3O4. The van der Waals surface area contributed by atoms with Crippen molar-refractivity contribution >= 4 is 22.6 Å². The fourth-order valence-electron chi connectivity index (χ4n) is 3.60. The second-order valence-corrected chi connectivity index (χ2v) is 7.50. The number of carbonyl (C=O) groups is 1. The predicted octanol–water partition coefficient (Wildman–Crippen LogP) is 5.13. The van der Waals surface area contributed by atoms with Gasteiger partial charge >= 0.3 is 6.03 Å². The Morgan fingerprint density at radius 2 is 1.76 bits per heavy atom. The lowest BCUT2D eigenvalue weighted by Crippen LogP contribution is -2.30. The highest BCUT2D eigenvalue weighted by atomic mass is 16.5. The molecule has 4 aromatic rings. The van der Waals surface area contributed by atoms with Crippen LogP contribution in [0.4, 0.5) is 10.5 Å². The zero-order valence-electron chi connectivity index (χ0n) is 18.7. The summed E-state index contributed by atoms with van der Waals surface area (Å²) in [7, 11) is 3.13. The summed E-state index contributed by atoms with van der Waals surface area (Å²) in [5, 5.41) is 6.81. The number of methoxy groups -OCH3 is 2. The van der Waals surface area contributed by atoms with Gasteiger partial charge in [0.1, 0.15) is 12.4 Å². The van der Waals surface area contributed by atoms with E-state index in [1.54, 1.807) is 32.4 Å². The number of aromatic nitrogens is 1. The highest BCUT2D eigenvalue weighted by Gasteiger charge is 2.09. The summed E-state index contributed by atoms with van der Waals surface area (Å²) < 4.78 is 16.4. The molecule has 0 aliphatic carbocycles. The van der Waals surface area contributed by atoms with Crippen LogP contribution in [0.3, 0.4) is 0 Å². The average molecular weight is 446 g/mol. The minimum Gasteiger partial charge on any atom is -0.493 e. The van der Waals surface area contributed by atoms with E-state index in [1.165, 1.54) is 0 Å². The summed E-state index contributed by atoms with van der Waals surface area (Å²) in [4.78, 5) is 15.6. The number of hydrogen-bond acceptors (Lipinski definition) is 4. The van der Waals surface area contributed by atoms with Crippen LogP contribution in [0.15, 0.2) is 72.9 Å². The van der Waals surface area contributed by atoms with Crippen molar-refractivity contribution in [2.75, 3.05) is 26.1 Å². The van der Waals surface area contributed by atoms with Crippen LogP contribution in [0.2, 0.25) is 0 Å². The van der Waals surface area contributed by atoms with Crippen LogP contribution >= 0.6 is 0 Å². The van der Waals surface area contributed by atoms with Crippen molar-refractivity contribution in [2.24, 2.45) is 0 Å². The molecule has 0 atom stereocenters. The summed E-state index contributed by atoms with van der Waals surface area (Å²) in [5.41, 5.74) is 3.89. The zero-order valence-corrected chi connectivity index (χ0v) is 18.7. The van der Waals surface area contributed by atoms with Gasteiger partial charge in [-0.1, -0.05) is 30.3 Å². The molecule has 0 unspecified atom stereocenters. The van der Waals surface area contributed by atoms with Gasteiger partial charge in [0.05, 0.1) is 14.2 Å². The van der Waals surface area contributed by atoms with Gasteiger partial charge in [-0.3, -0.25) is 0 Å². The van der Waals surface area contributed by atoms with E-state index in [1.807, 2.05) is 54.7 Å². The Bertz CT molecular complexity index is 1220. The number of nitrogens with one attached hydrogen (secondary N) is 3. The Balaban J connectivity index is 1.30. The van der Waals surface area contributed by atoms with E-state index >= 15 is 0 Å². The fraction of sp³-hybridized carbons (Fsp3) is 0.192. The molecule has 7 heteroatoms. The van der Waals surface area contributed by atoms with Crippen LogP contribution in [-0.4, -0.2) is 31.8 Å². The lowest BCUT2D eigenvalue weighted by Gasteiger charge is -2.11. The van der Waals surface area contributed by atoms with Gasteiger partial charge in [0.15, 0.2) is 11.5 Å². The normalized spacial score (nSPS) is 10.6. The van der Waals surface area contributed by atoms with Gasteiger partial charge in [-0.2, -0.15) is 0 Å². The third-order valence-corrected chi connectivity index (χ3v) is 5.31. The molecule has 0 aliphatic heterocycles. The molecule has 0 fully saturated rings. The maximum absolute atomic E-state index is 12.3. The molecule has 0 bridgehead atoms. The largest absolute Gasteiger partial charge is 0.493 e. The van der Waals surface area contributed by atoms with Crippen molar-refractivity contribution in [3.8, 4) is 17.2 Å². The number of hydrogen-bond donors (Lipinski definition) is 3. The Kier molecular flexibility index (Phi) is 6.99. The number of H-pyrrole nitrogens is 1. The quantitative estimate of drug-likeness (QED) is 0.334. The van der Waals surface area contributed by atoms with E-state index in [0.717, 1.165) is 27.8 Å². The molecule has 1 aromatic heterocycles. The molecule has 3 N–H and O–H groups in total. The third kappa shape index (κ3) is 5.57. The van der Waals surface area contributed by atoms with E-state index in [9.17, 15) is 4.79 Å². The van der Waals surface area contributed by atoms with Crippen molar-refractivity contribution in [3.63, 3.8) is 0 Å². The average Bonchev–Trinajstić information content (AvgIpc) is 3.25. The minimum absolute atomic E-state index is 0.279. The maximum Gasteiger partial charge on any atom is 0.319 e. The Hall–Kier alpha value is -4.13. The number of rotatable bonds is 9. The monoisotopic (exact) mass is 445 g/mol. The summed E-state index contributed by atoms with van der Waals surface area (Å²) in [5.74, 6) is 1.98. The molecule has 2 amide bonds. The molecule has 0 radical (unpaired) electrons. The second kappa shape index (κ2) is 10.5. The number of benzene rings is 3. The molecule has 7 nitrogen and oxygen atoms in total. The minimum atomic E-state index is -0.279. The Labute approximate surface area is 192 Å². The molecule has 0 aliphatic rings. The second-order valence-electron chi connectivity index (χ2n) is 7.50. The third-order valence-electron chi connectivity index (χ3n) is 5.31. The zero-order chi connectivity index (χ0) is 23.0. The Morgan fingerprint density at radius 3 is 2.55 bits per heavy atom. The van der Waals surface area contributed by atoms with Gasteiger partial charge in [0.2, 0.25) is 0 Å². The van der Waals surface area contributed by atoms with E-state index in [2.05, 4.69) is 15.6 Å². The van der Waals surface area contributed by atoms with Gasteiger partial charge in [-0.25, -0.2) is 4.79 Å². The summed E-state index contributed by atoms with van der Waals surface area (Å²) in [6.45, 7) is 1.03. The van der Waals surface area contributed by atoms with Gasteiger partial charge < -0.3 is 29.8 Å². The van der Waals surface area contributed by atoms with Crippen molar-refractivity contribution in [2.45, 2.75) is 13.0 Å². The summed E-state index contributed by atoms with van der Waals surface area (Å²) in [6, 6.07) is 21.0. The maximum atomic E-state index is 12.3. The number of fused-ring (bicyclic) bond motifs is 1. The van der Waals surface area contributed by atoms with Crippen LogP contribution < -0.4 is 24.8 Å². The van der Waals surface area contributed by atoms with Gasteiger partial charge in [0.25, 0.3) is 0 Å². The molecule has 0 saturated heterocycles. The van der Waals surface area contributed by atoms with Crippen LogP contribution in [0.5, 0.6) is 17.2 Å². The van der Waals surface area contributed by atoms with Crippen molar-refractivity contribution in [3.05, 3.63) is 84.1 Å². The lowest BCUT2D eigenvalue weighted by atomic mass is 10.1. The lowest BCUT2D eigenvalue weighted by molar-refractivity contribution is 0.252. The number of urea groups is 1. The van der Waals surface area contributed by atoms with E-state index in [4.69, 9.17) is 14.2 Å². The number of carbonyl (C=O) groups excluding carboxylic acids is 1. The van der Waals surface area contributed by atoms with Gasteiger partial charge in [-0.05, 0) is 41.8 Å². The number of anilines is 1. The first kappa shape index (κ1) is 22.1. The smallest absolute Gasteiger partial charge is 0.319 e. The molecule has 170 valence electrons. The van der Waals surface area contributed by atoms with E-state index in [-0.39, 0.29) is 6.03 Å². The number of amides is 2. The first-order chi connectivity index (χ1) is 16.2. The van der Waals surface area contributed by atoms with Crippen LogP contribution in [0.1, 0.15) is 11.1 Å². The number of aromatic amines is 1. The Morgan fingerprint density at radius 1 is 0.939 bits per heavy atom. The van der Waals surface area contributed by atoms with Crippen molar-refractivity contribution < 1.29 is 19.0 Å². The summed E-state index contributed by atoms with van der Waals surface area (Å²) >= 11 is 0. The van der Waals surface area contributed by atoms with Crippen LogP contribution in [-0.2, 0) is 13.0 Å². The highest BCUT2D eigenvalue weighted by Crippen LogP contribution is 2.29. The standard InChI is InChI=1S/C26H27N3O4/c1-31-24-11-8-20(14-25(24)32-2)29-26(30)27-13-12-19-16-28-23-15-21(9-10-22(19)23)33-17-18-6-4-3-5-7-18/h3-11,14-16,28H,12-13,17H2,1-2H3,(H2,27,29,30). The molecule has 4 rings (SSSR count). The van der Waals surface area contributed by atoms with E-state index in [0.29, 0.717) is 36.8 Å². The topological polar surface area (TPSA) is 84.6 Å². The van der Waals surface area contributed by atoms with Gasteiger partial charge in [-0.15, -0.1) is 0 Å². The van der Waals surface area contributed by atoms with Crippen LogP contribution in [0, 0.1) is 0 Å². The molecule has 0 saturated carbocycles. The first-order valence-electron chi connectivity index (χ1n) is 10.7. The summed E-state index contributed by atoms with van der Waals surface area (Å²) in [6.07, 6.45) is 2.67. The SMILES string of the molecule is COc1ccc(NC(=O)NCCc2c[nH]c3cc(OCc4ccccc4)ccc23)cc1OC.